The molecular weight excluding hydrogens is 433 g/mol. The minimum atomic E-state index is 0. The summed E-state index contributed by atoms with van der Waals surface area (Å²) in [4.78, 5) is 9.94. The van der Waals surface area contributed by atoms with E-state index in [1.807, 2.05) is 24.4 Å². The molecule has 1 aromatic heterocycles. The van der Waals surface area contributed by atoms with E-state index in [0.29, 0.717) is 12.1 Å². The molecule has 0 fully saturated rings. The van der Waals surface area contributed by atoms with Gasteiger partial charge in [-0.2, -0.15) is 5.26 Å². The molecule has 0 saturated heterocycles. The van der Waals surface area contributed by atoms with Crippen LogP contribution < -0.4 is 10.6 Å². The van der Waals surface area contributed by atoms with Crippen molar-refractivity contribution < 1.29 is 0 Å². The lowest BCUT2D eigenvalue weighted by Gasteiger charge is -2.11. The minimum Gasteiger partial charge on any atom is -0.356 e. The van der Waals surface area contributed by atoms with Crippen LogP contribution in [0, 0.1) is 11.3 Å². The van der Waals surface area contributed by atoms with Crippen LogP contribution in [-0.2, 0) is 19.4 Å². The summed E-state index contributed by atoms with van der Waals surface area (Å²) in [6, 6.07) is 9.70. The average molecular weight is 455 g/mol. The Hall–Kier alpha value is -1.66. The van der Waals surface area contributed by atoms with Crippen LogP contribution in [0.5, 0.6) is 0 Å². The fraction of sp³-hybridized carbons (Fsp3) is 0.353. The zero-order valence-corrected chi connectivity index (χ0v) is 17.0. The zero-order valence-electron chi connectivity index (χ0n) is 13.9. The molecule has 5 nitrogen and oxygen atoms in total. The predicted octanol–water partition coefficient (Wildman–Crippen LogP) is 3.10. The Bertz CT molecular complexity index is 705. The first kappa shape index (κ1) is 20.4. The number of aromatic nitrogens is 1. The lowest BCUT2D eigenvalue weighted by atomic mass is 10.1. The maximum atomic E-state index is 8.92. The molecule has 0 bridgehead atoms. The molecular formula is C17H22IN5S. The molecule has 0 unspecified atom stereocenters. The summed E-state index contributed by atoms with van der Waals surface area (Å²) in [7, 11) is 1.75. The third-order valence-electron chi connectivity index (χ3n) is 3.32. The standard InChI is InChI=1S/C17H21N5S.HI/c1-3-15-12-21-16(23-15)7-8-20-17(19-2)22-11-14-6-4-5-13(9-14)10-18;/h4-6,9,12H,3,7-8,11H2,1-2H3,(H2,19,20,22);1H. The molecule has 1 aromatic carbocycles. The van der Waals surface area contributed by atoms with Gasteiger partial charge in [0.15, 0.2) is 5.96 Å². The number of rotatable bonds is 6. The number of nitrogens with zero attached hydrogens (tertiary/aromatic N) is 3. The smallest absolute Gasteiger partial charge is 0.191 e. The number of benzene rings is 1. The van der Waals surface area contributed by atoms with Crippen molar-refractivity contribution in [3.05, 3.63) is 51.5 Å². The highest BCUT2D eigenvalue weighted by atomic mass is 127. The Morgan fingerprint density at radius 3 is 2.88 bits per heavy atom. The summed E-state index contributed by atoms with van der Waals surface area (Å²) in [5.74, 6) is 0.750. The van der Waals surface area contributed by atoms with Crippen molar-refractivity contribution in [3.8, 4) is 6.07 Å². The van der Waals surface area contributed by atoms with Gasteiger partial charge in [0.05, 0.1) is 16.6 Å². The Morgan fingerprint density at radius 1 is 1.38 bits per heavy atom. The highest BCUT2D eigenvalue weighted by Crippen LogP contribution is 2.13. The van der Waals surface area contributed by atoms with Crippen molar-refractivity contribution in [1.82, 2.24) is 15.6 Å². The Labute approximate surface area is 164 Å². The molecule has 24 heavy (non-hydrogen) atoms. The van der Waals surface area contributed by atoms with E-state index in [9.17, 15) is 0 Å². The van der Waals surface area contributed by atoms with Crippen LogP contribution in [0.25, 0.3) is 0 Å². The van der Waals surface area contributed by atoms with Gasteiger partial charge in [-0.15, -0.1) is 35.3 Å². The molecule has 0 atom stereocenters. The third-order valence-corrected chi connectivity index (χ3v) is 4.52. The van der Waals surface area contributed by atoms with Crippen molar-refractivity contribution in [3.63, 3.8) is 0 Å². The van der Waals surface area contributed by atoms with E-state index < -0.39 is 0 Å². The van der Waals surface area contributed by atoms with E-state index in [1.54, 1.807) is 24.5 Å². The fourth-order valence-electron chi connectivity index (χ4n) is 2.07. The summed E-state index contributed by atoms with van der Waals surface area (Å²) in [5.41, 5.74) is 1.72. The van der Waals surface area contributed by atoms with Gasteiger partial charge < -0.3 is 10.6 Å². The first-order valence-electron chi connectivity index (χ1n) is 7.62. The van der Waals surface area contributed by atoms with Crippen LogP contribution in [0.2, 0.25) is 0 Å². The number of aliphatic imine (C=N–C) groups is 1. The number of nitrogens with one attached hydrogen (secondary N) is 2. The normalized spacial score (nSPS) is 10.6. The number of hydrogen-bond acceptors (Lipinski definition) is 4. The van der Waals surface area contributed by atoms with Gasteiger partial charge in [-0.05, 0) is 24.1 Å². The van der Waals surface area contributed by atoms with Crippen molar-refractivity contribution in [2.45, 2.75) is 26.3 Å². The first-order valence-corrected chi connectivity index (χ1v) is 8.44. The largest absolute Gasteiger partial charge is 0.356 e. The fourth-order valence-corrected chi connectivity index (χ4v) is 2.93. The molecule has 7 heteroatoms. The van der Waals surface area contributed by atoms with E-state index in [2.05, 4.69) is 33.6 Å². The Balaban J connectivity index is 0.00000288. The molecule has 2 rings (SSSR count). The summed E-state index contributed by atoms with van der Waals surface area (Å²) < 4.78 is 0. The molecule has 0 aliphatic heterocycles. The quantitative estimate of drug-likeness (QED) is 0.399. The number of thiazole rings is 1. The second-order valence-electron chi connectivity index (χ2n) is 4.99. The summed E-state index contributed by atoms with van der Waals surface area (Å²) >= 11 is 1.76. The molecule has 2 N–H and O–H groups in total. The molecule has 0 amide bonds. The van der Waals surface area contributed by atoms with E-state index in [4.69, 9.17) is 5.26 Å². The SMILES string of the molecule is CCc1cnc(CCNC(=NC)NCc2cccc(C#N)c2)s1.I. The van der Waals surface area contributed by atoms with Gasteiger partial charge in [-0.3, -0.25) is 4.99 Å². The van der Waals surface area contributed by atoms with Crippen LogP contribution in [0.1, 0.15) is 27.9 Å². The van der Waals surface area contributed by atoms with Gasteiger partial charge in [-0.25, -0.2) is 4.98 Å². The lowest BCUT2D eigenvalue weighted by molar-refractivity contribution is 0.792. The average Bonchev–Trinajstić information content (AvgIpc) is 3.06. The van der Waals surface area contributed by atoms with E-state index >= 15 is 0 Å². The van der Waals surface area contributed by atoms with Crippen molar-refractivity contribution >= 4 is 41.3 Å². The van der Waals surface area contributed by atoms with Gasteiger partial charge in [0.1, 0.15) is 0 Å². The monoisotopic (exact) mass is 455 g/mol. The van der Waals surface area contributed by atoms with Crippen LogP contribution >= 0.6 is 35.3 Å². The maximum absolute atomic E-state index is 8.92. The van der Waals surface area contributed by atoms with Crippen LogP contribution in [0.4, 0.5) is 0 Å². The number of halogens is 1. The molecule has 0 aliphatic rings. The van der Waals surface area contributed by atoms with Gasteiger partial charge in [-0.1, -0.05) is 19.1 Å². The lowest BCUT2D eigenvalue weighted by Crippen LogP contribution is -2.37. The van der Waals surface area contributed by atoms with Crippen molar-refractivity contribution in [2.24, 2.45) is 4.99 Å². The molecule has 128 valence electrons. The van der Waals surface area contributed by atoms with Gasteiger partial charge in [0, 0.05) is 37.6 Å². The second kappa shape index (κ2) is 11.0. The van der Waals surface area contributed by atoms with Gasteiger partial charge in [0.25, 0.3) is 0 Å². The van der Waals surface area contributed by atoms with Gasteiger partial charge in [0.2, 0.25) is 0 Å². The molecule has 0 radical (unpaired) electrons. The molecule has 1 heterocycles. The molecule has 0 saturated carbocycles. The molecule has 0 aliphatic carbocycles. The number of aryl methyl sites for hydroxylation is 1. The maximum Gasteiger partial charge on any atom is 0.191 e. The summed E-state index contributed by atoms with van der Waals surface area (Å²) in [5, 5.41) is 16.6. The molecule has 2 aromatic rings. The topological polar surface area (TPSA) is 73.1 Å². The van der Waals surface area contributed by atoms with Crippen molar-refractivity contribution in [2.75, 3.05) is 13.6 Å². The Morgan fingerprint density at radius 2 is 2.21 bits per heavy atom. The van der Waals surface area contributed by atoms with E-state index in [1.165, 1.54) is 4.88 Å². The number of hydrogen-bond donors (Lipinski definition) is 2. The minimum absolute atomic E-state index is 0. The van der Waals surface area contributed by atoms with E-state index in [0.717, 1.165) is 35.9 Å². The highest BCUT2D eigenvalue weighted by Gasteiger charge is 2.02. The van der Waals surface area contributed by atoms with Gasteiger partial charge >= 0.3 is 0 Å². The predicted molar refractivity (Wildman–Crippen MR) is 110 cm³/mol. The van der Waals surface area contributed by atoms with Crippen LogP contribution in [-0.4, -0.2) is 24.5 Å². The Kier molecular flexibility index (Phi) is 9.34. The number of nitriles is 1. The zero-order chi connectivity index (χ0) is 16.5. The second-order valence-corrected chi connectivity index (χ2v) is 6.19. The number of guanidine groups is 1. The van der Waals surface area contributed by atoms with Crippen molar-refractivity contribution in [1.29, 1.82) is 5.26 Å². The van der Waals surface area contributed by atoms with Crippen LogP contribution in [0.15, 0.2) is 35.5 Å². The molecule has 0 spiro atoms. The third kappa shape index (κ3) is 6.45. The summed E-state index contributed by atoms with van der Waals surface area (Å²) in [6.45, 7) is 3.56. The first-order chi connectivity index (χ1) is 11.2. The van der Waals surface area contributed by atoms with E-state index in [-0.39, 0.29) is 24.0 Å². The highest BCUT2D eigenvalue weighted by molar-refractivity contribution is 14.0. The van der Waals surface area contributed by atoms with Crippen LogP contribution in [0.3, 0.4) is 0 Å². The summed E-state index contributed by atoms with van der Waals surface area (Å²) in [6.07, 6.45) is 3.88.